The zero-order valence-corrected chi connectivity index (χ0v) is 11.4. The second-order valence-electron chi connectivity index (χ2n) is 4.47. The van der Waals surface area contributed by atoms with E-state index in [1.807, 2.05) is 0 Å². The van der Waals surface area contributed by atoms with Gasteiger partial charge in [-0.05, 0) is 30.4 Å². The molecule has 1 aliphatic heterocycles. The van der Waals surface area contributed by atoms with Crippen LogP contribution in [0.15, 0.2) is 12.1 Å². The summed E-state index contributed by atoms with van der Waals surface area (Å²) in [6, 6.07) is 1.81. The average molecular weight is 299 g/mol. The Morgan fingerprint density at radius 2 is 2.10 bits per heavy atom. The summed E-state index contributed by atoms with van der Waals surface area (Å²) in [5.74, 6) is 0.312. The van der Waals surface area contributed by atoms with Crippen LogP contribution in [-0.2, 0) is 0 Å². The maximum atomic E-state index is 13.7. The first-order valence-electron chi connectivity index (χ1n) is 6.11. The number of nitro groups is 1. The highest BCUT2D eigenvalue weighted by atomic mass is 32.2. The fourth-order valence-corrected chi connectivity index (χ4v) is 3.18. The standard InChI is InChI=1S/C12H14FN3O3S/c13-8-1-2-9(16(18)19)11(14)10(8)12(17)15-7-3-5-20-6-4-7/h1-2,7H,3-6,14H2,(H,15,17). The van der Waals surface area contributed by atoms with Crippen molar-refractivity contribution in [2.24, 2.45) is 0 Å². The highest BCUT2D eigenvalue weighted by molar-refractivity contribution is 7.99. The van der Waals surface area contributed by atoms with E-state index in [9.17, 15) is 19.3 Å². The molecule has 0 radical (unpaired) electrons. The summed E-state index contributed by atoms with van der Waals surface area (Å²) in [6.45, 7) is 0. The molecule has 8 heteroatoms. The van der Waals surface area contributed by atoms with Gasteiger partial charge in [-0.15, -0.1) is 0 Å². The molecular formula is C12H14FN3O3S. The minimum atomic E-state index is -0.851. The number of amides is 1. The molecule has 108 valence electrons. The number of hydrogen-bond acceptors (Lipinski definition) is 5. The first kappa shape index (κ1) is 14.6. The Hall–Kier alpha value is -1.83. The maximum Gasteiger partial charge on any atom is 0.293 e. The highest BCUT2D eigenvalue weighted by Gasteiger charge is 2.25. The molecule has 0 atom stereocenters. The molecule has 0 bridgehead atoms. The number of carbonyl (C=O) groups is 1. The lowest BCUT2D eigenvalue weighted by Crippen LogP contribution is -2.38. The second kappa shape index (κ2) is 6.08. The number of nitrogens with one attached hydrogen (secondary N) is 1. The largest absolute Gasteiger partial charge is 0.392 e. The number of nitrogens with zero attached hydrogens (tertiary/aromatic N) is 1. The summed E-state index contributed by atoms with van der Waals surface area (Å²) in [6.07, 6.45) is 1.60. The van der Waals surface area contributed by atoms with Gasteiger partial charge in [0.2, 0.25) is 0 Å². The number of halogens is 1. The normalized spacial score (nSPS) is 15.8. The zero-order chi connectivity index (χ0) is 14.7. The van der Waals surface area contributed by atoms with E-state index in [-0.39, 0.29) is 6.04 Å². The van der Waals surface area contributed by atoms with Crippen LogP contribution < -0.4 is 11.1 Å². The van der Waals surface area contributed by atoms with E-state index in [0.717, 1.165) is 36.5 Å². The van der Waals surface area contributed by atoms with Crippen molar-refractivity contribution in [1.29, 1.82) is 0 Å². The Morgan fingerprint density at radius 1 is 1.45 bits per heavy atom. The van der Waals surface area contributed by atoms with Gasteiger partial charge in [0.1, 0.15) is 17.1 Å². The first-order valence-corrected chi connectivity index (χ1v) is 7.27. The number of carbonyl (C=O) groups excluding carboxylic acids is 1. The van der Waals surface area contributed by atoms with Crippen molar-refractivity contribution in [2.45, 2.75) is 18.9 Å². The van der Waals surface area contributed by atoms with Gasteiger partial charge in [0.15, 0.2) is 0 Å². The molecule has 1 fully saturated rings. The number of thioether (sulfide) groups is 1. The molecule has 1 aromatic carbocycles. The Kier molecular flexibility index (Phi) is 4.43. The van der Waals surface area contributed by atoms with Gasteiger partial charge in [0, 0.05) is 12.1 Å². The number of rotatable bonds is 3. The van der Waals surface area contributed by atoms with Gasteiger partial charge in [-0.2, -0.15) is 11.8 Å². The lowest BCUT2D eigenvalue weighted by molar-refractivity contribution is -0.384. The van der Waals surface area contributed by atoms with Crippen LogP contribution >= 0.6 is 11.8 Å². The van der Waals surface area contributed by atoms with Crippen LogP contribution in [0.4, 0.5) is 15.8 Å². The third-order valence-corrected chi connectivity index (χ3v) is 4.20. The van der Waals surface area contributed by atoms with Crippen molar-refractivity contribution in [3.05, 3.63) is 33.6 Å². The number of anilines is 1. The van der Waals surface area contributed by atoms with Crippen molar-refractivity contribution in [1.82, 2.24) is 5.32 Å². The molecule has 0 unspecified atom stereocenters. The Labute approximate surface area is 119 Å². The van der Waals surface area contributed by atoms with Crippen molar-refractivity contribution in [3.8, 4) is 0 Å². The van der Waals surface area contributed by atoms with Gasteiger partial charge in [-0.25, -0.2) is 4.39 Å². The number of hydrogen-bond donors (Lipinski definition) is 2. The Balaban J connectivity index is 2.24. The molecule has 1 heterocycles. The maximum absolute atomic E-state index is 13.7. The number of nitro benzene ring substituents is 1. The summed E-state index contributed by atoms with van der Waals surface area (Å²) in [5, 5.41) is 13.5. The molecule has 1 aliphatic rings. The van der Waals surface area contributed by atoms with Crippen LogP contribution in [0.3, 0.4) is 0 Å². The van der Waals surface area contributed by atoms with Gasteiger partial charge in [-0.1, -0.05) is 0 Å². The number of nitrogens with two attached hydrogens (primary N) is 1. The fraction of sp³-hybridized carbons (Fsp3) is 0.417. The molecule has 1 saturated heterocycles. The second-order valence-corrected chi connectivity index (χ2v) is 5.70. The molecule has 20 heavy (non-hydrogen) atoms. The third-order valence-electron chi connectivity index (χ3n) is 3.15. The van der Waals surface area contributed by atoms with Crippen LogP contribution in [0.5, 0.6) is 0 Å². The molecule has 3 N–H and O–H groups in total. The Bertz CT molecular complexity index is 547. The summed E-state index contributed by atoms with van der Waals surface area (Å²) >= 11 is 1.79. The van der Waals surface area contributed by atoms with Crippen molar-refractivity contribution >= 4 is 29.0 Å². The summed E-state index contributed by atoms with van der Waals surface area (Å²) < 4.78 is 13.7. The predicted octanol–water partition coefficient (Wildman–Crippen LogP) is 1.94. The molecule has 0 aliphatic carbocycles. The molecular weight excluding hydrogens is 285 g/mol. The van der Waals surface area contributed by atoms with Gasteiger partial charge in [0.25, 0.3) is 11.6 Å². The predicted molar refractivity (Wildman–Crippen MR) is 75.3 cm³/mol. The SMILES string of the molecule is Nc1c([N+](=O)[O-])ccc(F)c1C(=O)NC1CCSCC1. The van der Waals surface area contributed by atoms with Crippen LogP contribution in [0.25, 0.3) is 0 Å². The van der Waals surface area contributed by atoms with Crippen LogP contribution in [-0.4, -0.2) is 28.4 Å². The van der Waals surface area contributed by atoms with Gasteiger partial charge >= 0.3 is 0 Å². The summed E-state index contributed by atoms with van der Waals surface area (Å²) in [4.78, 5) is 22.1. The first-order chi connectivity index (χ1) is 9.50. The quantitative estimate of drug-likeness (QED) is 0.505. The summed E-state index contributed by atoms with van der Waals surface area (Å²) in [7, 11) is 0. The van der Waals surface area contributed by atoms with E-state index in [0.29, 0.717) is 0 Å². The number of nitrogen functional groups attached to an aromatic ring is 1. The smallest absolute Gasteiger partial charge is 0.293 e. The lowest BCUT2D eigenvalue weighted by atomic mass is 10.1. The van der Waals surface area contributed by atoms with Gasteiger partial charge in [0.05, 0.1) is 4.92 Å². The molecule has 6 nitrogen and oxygen atoms in total. The fourth-order valence-electron chi connectivity index (χ4n) is 2.07. The topological polar surface area (TPSA) is 98.3 Å². The van der Waals surface area contributed by atoms with Gasteiger partial charge in [-0.3, -0.25) is 14.9 Å². The molecule has 1 aromatic rings. The van der Waals surface area contributed by atoms with Crippen LogP contribution in [0, 0.1) is 15.9 Å². The molecule has 1 amide bonds. The molecule has 0 spiro atoms. The van der Waals surface area contributed by atoms with Crippen molar-refractivity contribution < 1.29 is 14.1 Å². The minimum absolute atomic E-state index is 0.0400. The van der Waals surface area contributed by atoms with E-state index in [1.165, 1.54) is 0 Å². The zero-order valence-electron chi connectivity index (χ0n) is 10.6. The van der Waals surface area contributed by atoms with Crippen molar-refractivity contribution in [2.75, 3.05) is 17.2 Å². The molecule has 0 saturated carbocycles. The van der Waals surface area contributed by atoms with E-state index in [1.54, 1.807) is 11.8 Å². The van der Waals surface area contributed by atoms with E-state index >= 15 is 0 Å². The van der Waals surface area contributed by atoms with E-state index in [4.69, 9.17) is 5.73 Å². The average Bonchev–Trinajstić information content (AvgIpc) is 2.39. The highest BCUT2D eigenvalue weighted by Crippen LogP contribution is 2.27. The molecule has 0 aromatic heterocycles. The lowest BCUT2D eigenvalue weighted by Gasteiger charge is -2.22. The van der Waals surface area contributed by atoms with E-state index < -0.39 is 33.6 Å². The number of benzene rings is 1. The van der Waals surface area contributed by atoms with Crippen molar-refractivity contribution in [3.63, 3.8) is 0 Å². The van der Waals surface area contributed by atoms with Gasteiger partial charge < -0.3 is 11.1 Å². The minimum Gasteiger partial charge on any atom is -0.392 e. The van der Waals surface area contributed by atoms with Crippen LogP contribution in [0.1, 0.15) is 23.2 Å². The third kappa shape index (κ3) is 3.01. The van der Waals surface area contributed by atoms with Crippen LogP contribution in [0.2, 0.25) is 0 Å². The van der Waals surface area contributed by atoms with E-state index in [2.05, 4.69) is 5.32 Å². The monoisotopic (exact) mass is 299 g/mol. The summed E-state index contributed by atoms with van der Waals surface area (Å²) in [5.41, 5.74) is 4.20. The Morgan fingerprint density at radius 3 is 2.70 bits per heavy atom. The molecule has 2 rings (SSSR count).